The van der Waals surface area contributed by atoms with E-state index in [0.29, 0.717) is 17.9 Å². The number of benzene rings is 2. The quantitative estimate of drug-likeness (QED) is 0.294. The molecule has 0 saturated heterocycles. The number of aromatic nitrogens is 2. The number of aliphatic imine (C=N–C) groups is 1. The van der Waals surface area contributed by atoms with Gasteiger partial charge in [-0.2, -0.15) is 13.2 Å². The Labute approximate surface area is 204 Å². The minimum Gasteiger partial charge on any atom is -0.335 e. The Morgan fingerprint density at radius 1 is 1.18 bits per heavy atom. The summed E-state index contributed by atoms with van der Waals surface area (Å²) in [5.41, 5.74) is 4.84. The fourth-order valence-electron chi connectivity index (χ4n) is 3.86. The molecule has 1 aromatic heterocycles. The Kier molecular flexibility index (Phi) is 8.03. The predicted molar refractivity (Wildman–Crippen MR) is 134 cm³/mol. The first-order valence-corrected chi connectivity index (χ1v) is 11.6. The lowest BCUT2D eigenvalue weighted by Crippen LogP contribution is -2.05. The van der Waals surface area contributed by atoms with Crippen LogP contribution in [0.1, 0.15) is 66.4 Å². The summed E-state index contributed by atoms with van der Waals surface area (Å²) in [5.74, 6) is 1.06. The van der Waals surface area contributed by atoms with Crippen molar-refractivity contribution in [2.45, 2.75) is 52.1 Å². The molecular formula is C27H29ClF3N3. The first-order chi connectivity index (χ1) is 16.0. The maximum Gasteiger partial charge on any atom is 0.416 e. The van der Waals surface area contributed by atoms with Crippen molar-refractivity contribution in [3.05, 3.63) is 89.0 Å². The number of hydrogen-bond donors (Lipinski definition) is 0. The van der Waals surface area contributed by atoms with Crippen LogP contribution in [0.5, 0.6) is 0 Å². The molecule has 0 radical (unpaired) electrons. The van der Waals surface area contributed by atoms with Crippen molar-refractivity contribution in [1.82, 2.24) is 9.55 Å². The molecule has 0 aliphatic rings. The van der Waals surface area contributed by atoms with Gasteiger partial charge in [-0.1, -0.05) is 50.2 Å². The van der Waals surface area contributed by atoms with Crippen LogP contribution in [0.15, 0.2) is 60.2 Å². The van der Waals surface area contributed by atoms with Gasteiger partial charge in [0, 0.05) is 41.2 Å². The molecule has 3 rings (SSSR count). The van der Waals surface area contributed by atoms with Gasteiger partial charge >= 0.3 is 6.18 Å². The van der Waals surface area contributed by atoms with Gasteiger partial charge in [-0.15, -0.1) is 0 Å². The zero-order chi connectivity index (χ0) is 25.0. The monoisotopic (exact) mass is 487 g/mol. The molecule has 0 fully saturated rings. The average molecular weight is 488 g/mol. The second kappa shape index (κ2) is 10.6. The van der Waals surface area contributed by atoms with Crippen molar-refractivity contribution in [2.75, 3.05) is 0 Å². The van der Waals surface area contributed by atoms with Gasteiger partial charge in [-0.25, -0.2) is 4.98 Å². The number of imidazole rings is 1. The van der Waals surface area contributed by atoms with Crippen molar-refractivity contribution < 1.29 is 13.2 Å². The summed E-state index contributed by atoms with van der Waals surface area (Å²) in [5, 5.41) is 0.409. The van der Waals surface area contributed by atoms with Gasteiger partial charge in [0.1, 0.15) is 5.82 Å². The van der Waals surface area contributed by atoms with Crippen LogP contribution in [0.4, 0.5) is 18.9 Å². The fourth-order valence-corrected chi connectivity index (χ4v) is 4.01. The Morgan fingerprint density at radius 2 is 1.85 bits per heavy atom. The highest BCUT2D eigenvalue weighted by Gasteiger charge is 2.29. The highest BCUT2D eigenvalue weighted by atomic mass is 35.5. The largest absolute Gasteiger partial charge is 0.416 e. The number of aryl methyl sites for hydroxylation is 2. The molecule has 1 heterocycles. The van der Waals surface area contributed by atoms with Crippen LogP contribution < -0.4 is 0 Å². The normalized spacial score (nSPS) is 13.2. The molecule has 1 unspecified atom stereocenters. The zero-order valence-electron chi connectivity index (χ0n) is 19.9. The second-order valence-corrected chi connectivity index (χ2v) is 8.87. The average Bonchev–Trinajstić information content (AvgIpc) is 3.13. The number of alkyl halides is 3. The van der Waals surface area contributed by atoms with Gasteiger partial charge in [0.15, 0.2) is 0 Å². The zero-order valence-corrected chi connectivity index (χ0v) is 20.6. The van der Waals surface area contributed by atoms with Crippen molar-refractivity contribution in [1.29, 1.82) is 0 Å². The standard InChI is InChI=1S/C27H29ClF3N3/c1-6-23(13-9-20-7-11-22(12-8-20)27(29,30)31)33-25-14-10-21(15-24(25)18(3)28)17(2)26-16-32-19(4)34(26)5/h7-8,10-12,14-17H,3,6,9,13H2,1-2,4-5H3. The van der Waals surface area contributed by atoms with E-state index < -0.39 is 11.7 Å². The number of rotatable bonds is 8. The molecule has 0 aliphatic heterocycles. The molecule has 0 N–H and O–H groups in total. The molecule has 1 atom stereocenters. The third-order valence-corrected chi connectivity index (χ3v) is 6.39. The van der Waals surface area contributed by atoms with Gasteiger partial charge in [0.05, 0.1) is 11.3 Å². The van der Waals surface area contributed by atoms with Crippen LogP contribution in [0.3, 0.4) is 0 Å². The Balaban J connectivity index is 1.82. The molecule has 34 heavy (non-hydrogen) atoms. The fraction of sp³-hybridized carbons (Fsp3) is 0.333. The van der Waals surface area contributed by atoms with Crippen LogP contribution in [-0.2, 0) is 19.6 Å². The van der Waals surface area contributed by atoms with Gasteiger partial charge < -0.3 is 4.57 Å². The lowest BCUT2D eigenvalue weighted by Gasteiger charge is -2.16. The molecular weight excluding hydrogens is 459 g/mol. The molecule has 0 spiro atoms. The highest BCUT2D eigenvalue weighted by Crippen LogP contribution is 2.34. The maximum absolute atomic E-state index is 12.8. The smallest absolute Gasteiger partial charge is 0.335 e. The first kappa shape index (κ1) is 25.8. The molecule has 3 nitrogen and oxygen atoms in total. The van der Waals surface area contributed by atoms with E-state index in [1.165, 1.54) is 12.1 Å². The number of halogens is 4. The van der Waals surface area contributed by atoms with E-state index in [2.05, 4.69) is 23.1 Å². The highest BCUT2D eigenvalue weighted by molar-refractivity contribution is 6.48. The van der Waals surface area contributed by atoms with Crippen LogP contribution in [0.2, 0.25) is 0 Å². The van der Waals surface area contributed by atoms with Gasteiger partial charge in [0.2, 0.25) is 0 Å². The summed E-state index contributed by atoms with van der Waals surface area (Å²) in [7, 11) is 2.00. The molecule has 0 bridgehead atoms. The summed E-state index contributed by atoms with van der Waals surface area (Å²) < 4.78 is 40.4. The summed E-state index contributed by atoms with van der Waals surface area (Å²) in [6, 6.07) is 11.3. The summed E-state index contributed by atoms with van der Waals surface area (Å²) >= 11 is 6.34. The second-order valence-electron chi connectivity index (χ2n) is 8.42. The topological polar surface area (TPSA) is 30.2 Å². The molecule has 0 saturated carbocycles. The Morgan fingerprint density at radius 3 is 2.38 bits per heavy atom. The maximum atomic E-state index is 12.8. The van der Waals surface area contributed by atoms with Gasteiger partial charge in [0.25, 0.3) is 0 Å². The minimum absolute atomic E-state index is 0.115. The third kappa shape index (κ3) is 5.98. The van der Waals surface area contributed by atoms with E-state index >= 15 is 0 Å². The van der Waals surface area contributed by atoms with Crippen LogP contribution in [0, 0.1) is 6.92 Å². The summed E-state index contributed by atoms with van der Waals surface area (Å²) in [6.07, 6.45) is -0.466. The van der Waals surface area contributed by atoms with Gasteiger partial charge in [-0.3, -0.25) is 4.99 Å². The van der Waals surface area contributed by atoms with Crippen LogP contribution >= 0.6 is 11.6 Å². The van der Waals surface area contributed by atoms with Gasteiger partial charge in [-0.05, 0) is 61.6 Å². The summed E-state index contributed by atoms with van der Waals surface area (Å²) in [4.78, 5) is 9.23. The van der Waals surface area contributed by atoms with E-state index in [9.17, 15) is 13.2 Å². The van der Waals surface area contributed by atoms with Crippen molar-refractivity contribution in [3.8, 4) is 0 Å². The predicted octanol–water partition coefficient (Wildman–Crippen LogP) is 8.22. The van der Waals surface area contributed by atoms with Crippen molar-refractivity contribution in [2.24, 2.45) is 12.0 Å². The van der Waals surface area contributed by atoms with E-state index in [4.69, 9.17) is 16.6 Å². The van der Waals surface area contributed by atoms with Crippen LogP contribution in [-0.4, -0.2) is 15.3 Å². The van der Waals surface area contributed by atoms with E-state index in [0.717, 1.165) is 58.2 Å². The lowest BCUT2D eigenvalue weighted by atomic mass is 9.95. The van der Waals surface area contributed by atoms with E-state index in [1.807, 2.05) is 45.3 Å². The number of nitrogens with zero attached hydrogens (tertiary/aromatic N) is 3. The summed E-state index contributed by atoms with van der Waals surface area (Å²) in [6.45, 7) is 10.0. The van der Waals surface area contributed by atoms with E-state index in [1.54, 1.807) is 0 Å². The van der Waals surface area contributed by atoms with Crippen LogP contribution in [0.25, 0.3) is 5.03 Å². The van der Waals surface area contributed by atoms with Crippen molar-refractivity contribution >= 4 is 28.0 Å². The van der Waals surface area contributed by atoms with Crippen molar-refractivity contribution in [3.63, 3.8) is 0 Å². The van der Waals surface area contributed by atoms with E-state index in [-0.39, 0.29) is 5.92 Å². The first-order valence-electron chi connectivity index (χ1n) is 11.2. The SMILES string of the molecule is C=C(Cl)c1cc(C(C)c2cnc(C)n2C)ccc1N=C(CC)CCc1ccc(C(F)(F)F)cc1. The Bertz CT molecular complexity index is 1190. The molecule has 3 aromatic rings. The lowest BCUT2D eigenvalue weighted by molar-refractivity contribution is -0.137. The molecule has 7 heteroatoms. The molecule has 2 aromatic carbocycles. The third-order valence-electron chi connectivity index (χ3n) is 6.18. The molecule has 0 aliphatic carbocycles. The number of hydrogen-bond acceptors (Lipinski definition) is 2. The Hall–Kier alpha value is -2.86. The molecule has 0 amide bonds. The minimum atomic E-state index is -4.33. The molecule has 180 valence electrons.